The van der Waals surface area contributed by atoms with Gasteiger partial charge in [-0.25, -0.2) is 0 Å². The number of Topliss-reactive ketones (excluding diaryl/α,β-unsaturated/α-hetero) is 1. The third-order valence-electron chi connectivity index (χ3n) is 4.06. The minimum Gasteiger partial charge on any atom is -0.294 e. The van der Waals surface area contributed by atoms with E-state index in [4.69, 9.17) is 0 Å². The molecule has 0 aliphatic rings. The maximum absolute atomic E-state index is 12.1. The van der Waals surface area contributed by atoms with Crippen molar-refractivity contribution in [3.63, 3.8) is 0 Å². The fourth-order valence-electron chi connectivity index (χ4n) is 2.28. The molecular weight excluding hydrogens is 350 g/mol. The minimum atomic E-state index is -0.612. The summed E-state index contributed by atoms with van der Waals surface area (Å²) in [5.74, 6) is -1.28. The van der Waals surface area contributed by atoms with Gasteiger partial charge in [0.05, 0.1) is 4.92 Å². The van der Waals surface area contributed by atoms with Crippen LogP contribution >= 0.6 is 0 Å². The van der Waals surface area contributed by atoms with Crippen molar-refractivity contribution in [3.05, 3.63) is 74.8 Å². The van der Waals surface area contributed by atoms with Gasteiger partial charge in [-0.3, -0.25) is 35.3 Å². The lowest BCUT2D eigenvalue weighted by atomic mass is 10.0. The van der Waals surface area contributed by atoms with E-state index in [2.05, 4.69) is 10.9 Å². The number of non-ortho nitro benzene ring substituents is 1. The van der Waals surface area contributed by atoms with Crippen LogP contribution in [-0.4, -0.2) is 22.5 Å². The van der Waals surface area contributed by atoms with Crippen molar-refractivity contribution in [1.29, 1.82) is 0 Å². The number of carbonyl (C=O) groups excluding carboxylic acids is 3. The fraction of sp³-hybridized carbons (Fsp3) is 0.211. The summed E-state index contributed by atoms with van der Waals surface area (Å²) in [5.41, 5.74) is 7.07. The number of aryl methyl sites for hydroxylation is 2. The normalized spacial score (nSPS) is 10.1. The zero-order valence-corrected chi connectivity index (χ0v) is 14.9. The first-order valence-corrected chi connectivity index (χ1v) is 8.22. The molecule has 2 amide bonds. The van der Waals surface area contributed by atoms with Crippen LogP contribution in [0.3, 0.4) is 0 Å². The molecule has 0 heterocycles. The van der Waals surface area contributed by atoms with Gasteiger partial charge in [0.1, 0.15) is 0 Å². The Hall–Kier alpha value is -3.55. The van der Waals surface area contributed by atoms with Crippen LogP contribution in [0.4, 0.5) is 5.69 Å². The summed E-state index contributed by atoms with van der Waals surface area (Å²) < 4.78 is 0. The van der Waals surface area contributed by atoms with Crippen molar-refractivity contribution in [1.82, 2.24) is 10.9 Å². The summed E-state index contributed by atoms with van der Waals surface area (Å²) in [7, 11) is 0. The maximum Gasteiger partial charge on any atom is 0.269 e. The Balaban J connectivity index is 1.81. The van der Waals surface area contributed by atoms with Crippen LogP contribution in [-0.2, 0) is 4.79 Å². The molecular formula is C19H19N3O5. The summed E-state index contributed by atoms with van der Waals surface area (Å²) in [6.07, 6.45) is -0.0615. The number of nitro benzene ring substituents is 1. The predicted molar refractivity (Wildman–Crippen MR) is 98.2 cm³/mol. The molecule has 0 fully saturated rings. The number of hydrazine groups is 1. The van der Waals surface area contributed by atoms with E-state index in [-0.39, 0.29) is 29.9 Å². The monoisotopic (exact) mass is 369 g/mol. The Kier molecular flexibility index (Phi) is 6.37. The van der Waals surface area contributed by atoms with E-state index in [0.29, 0.717) is 5.56 Å². The molecule has 0 radical (unpaired) electrons. The molecule has 27 heavy (non-hydrogen) atoms. The van der Waals surface area contributed by atoms with Crippen molar-refractivity contribution in [2.24, 2.45) is 0 Å². The lowest BCUT2D eigenvalue weighted by Gasteiger charge is -2.08. The molecule has 0 aliphatic carbocycles. The Morgan fingerprint density at radius 1 is 0.889 bits per heavy atom. The molecule has 0 aromatic heterocycles. The minimum absolute atomic E-state index is 0.0156. The van der Waals surface area contributed by atoms with Crippen LogP contribution in [0.15, 0.2) is 42.5 Å². The van der Waals surface area contributed by atoms with E-state index in [1.54, 1.807) is 12.1 Å². The number of ketones is 1. The summed E-state index contributed by atoms with van der Waals surface area (Å²) in [6.45, 7) is 3.86. The predicted octanol–water partition coefficient (Wildman–Crippen LogP) is 2.64. The standard InChI is InChI=1S/C19H19N3O5/c1-12-3-4-15(11-13(12)2)17(23)9-10-18(24)20-21-19(25)14-5-7-16(8-6-14)22(26)27/h3-8,11H,9-10H2,1-2H3,(H,20,24)(H,21,25). The molecule has 8 nitrogen and oxygen atoms in total. The quantitative estimate of drug-likeness (QED) is 0.461. The van der Waals surface area contributed by atoms with Gasteiger partial charge in [0.2, 0.25) is 5.91 Å². The van der Waals surface area contributed by atoms with E-state index in [9.17, 15) is 24.5 Å². The van der Waals surface area contributed by atoms with Crippen LogP contribution in [0.25, 0.3) is 0 Å². The smallest absolute Gasteiger partial charge is 0.269 e. The third kappa shape index (κ3) is 5.46. The van der Waals surface area contributed by atoms with Crippen molar-refractivity contribution < 1.29 is 19.3 Å². The average molecular weight is 369 g/mol. The SMILES string of the molecule is Cc1ccc(C(=O)CCC(=O)NNC(=O)c2ccc([N+](=O)[O-])cc2)cc1C. The third-order valence-corrected chi connectivity index (χ3v) is 4.06. The second kappa shape index (κ2) is 8.70. The second-order valence-corrected chi connectivity index (χ2v) is 6.03. The molecule has 0 spiro atoms. The molecule has 0 saturated carbocycles. The lowest BCUT2D eigenvalue weighted by Crippen LogP contribution is -2.41. The number of nitrogens with one attached hydrogen (secondary N) is 2. The number of hydrogen-bond acceptors (Lipinski definition) is 5. The second-order valence-electron chi connectivity index (χ2n) is 6.03. The van der Waals surface area contributed by atoms with Gasteiger partial charge in [0, 0.05) is 36.1 Å². The highest BCUT2D eigenvalue weighted by Crippen LogP contribution is 2.13. The molecule has 0 unspecified atom stereocenters. The lowest BCUT2D eigenvalue weighted by molar-refractivity contribution is -0.384. The highest BCUT2D eigenvalue weighted by atomic mass is 16.6. The topological polar surface area (TPSA) is 118 Å². The van der Waals surface area contributed by atoms with Gasteiger partial charge in [-0.05, 0) is 43.2 Å². The van der Waals surface area contributed by atoms with Crippen molar-refractivity contribution >= 4 is 23.3 Å². The molecule has 0 aliphatic heterocycles. The average Bonchev–Trinajstić information content (AvgIpc) is 2.66. The summed E-state index contributed by atoms with van der Waals surface area (Å²) in [4.78, 5) is 45.9. The Morgan fingerprint density at radius 2 is 1.52 bits per heavy atom. The zero-order valence-electron chi connectivity index (χ0n) is 14.9. The van der Waals surface area contributed by atoms with Gasteiger partial charge in [-0.2, -0.15) is 0 Å². The van der Waals surface area contributed by atoms with Gasteiger partial charge in [-0.15, -0.1) is 0 Å². The van der Waals surface area contributed by atoms with Crippen LogP contribution in [0, 0.1) is 24.0 Å². The van der Waals surface area contributed by atoms with E-state index < -0.39 is 16.7 Å². The number of amides is 2. The molecule has 0 atom stereocenters. The van der Waals surface area contributed by atoms with Crippen molar-refractivity contribution in [2.45, 2.75) is 26.7 Å². The molecule has 2 aromatic carbocycles. The Morgan fingerprint density at radius 3 is 2.11 bits per heavy atom. The zero-order chi connectivity index (χ0) is 20.0. The Bertz CT molecular complexity index is 891. The first-order valence-electron chi connectivity index (χ1n) is 8.22. The number of benzene rings is 2. The van der Waals surface area contributed by atoms with Crippen LogP contribution in [0.5, 0.6) is 0 Å². The molecule has 0 saturated heterocycles. The van der Waals surface area contributed by atoms with E-state index in [1.165, 1.54) is 24.3 Å². The molecule has 8 heteroatoms. The maximum atomic E-state index is 12.1. The number of nitrogens with zero attached hydrogens (tertiary/aromatic N) is 1. The van der Waals surface area contributed by atoms with Gasteiger partial charge < -0.3 is 0 Å². The molecule has 0 bridgehead atoms. The number of carbonyl (C=O) groups is 3. The molecule has 140 valence electrons. The number of nitro groups is 1. The fourth-order valence-corrected chi connectivity index (χ4v) is 2.28. The largest absolute Gasteiger partial charge is 0.294 e. The summed E-state index contributed by atoms with van der Waals surface area (Å²) >= 11 is 0. The van der Waals surface area contributed by atoms with Crippen molar-refractivity contribution in [2.75, 3.05) is 0 Å². The summed E-state index contributed by atoms with van der Waals surface area (Å²) in [6, 6.07) is 10.3. The molecule has 2 N–H and O–H groups in total. The first-order chi connectivity index (χ1) is 12.8. The van der Waals surface area contributed by atoms with E-state index in [0.717, 1.165) is 11.1 Å². The number of hydrogen-bond donors (Lipinski definition) is 2. The number of rotatable bonds is 6. The van der Waals surface area contributed by atoms with Crippen LogP contribution < -0.4 is 10.9 Å². The first kappa shape index (κ1) is 19.8. The van der Waals surface area contributed by atoms with Crippen LogP contribution in [0.1, 0.15) is 44.7 Å². The van der Waals surface area contributed by atoms with Crippen molar-refractivity contribution in [3.8, 4) is 0 Å². The molecule has 2 rings (SSSR count). The van der Waals surface area contributed by atoms with E-state index >= 15 is 0 Å². The Labute approximate surface area is 155 Å². The van der Waals surface area contributed by atoms with E-state index in [1.807, 2.05) is 19.9 Å². The van der Waals surface area contributed by atoms with Gasteiger partial charge >= 0.3 is 0 Å². The van der Waals surface area contributed by atoms with Gasteiger partial charge in [0.15, 0.2) is 5.78 Å². The van der Waals surface area contributed by atoms with Crippen LogP contribution in [0.2, 0.25) is 0 Å². The highest BCUT2D eigenvalue weighted by Gasteiger charge is 2.12. The van der Waals surface area contributed by atoms with Gasteiger partial charge in [0.25, 0.3) is 11.6 Å². The summed E-state index contributed by atoms with van der Waals surface area (Å²) in [5, 5.41) is 10.6. The molecule has 2 aromatic rings. The highest BCUT2D eigenvalue weighted by molar-refractivity contribution is 5.99. The van der Waals surface area contributed by atoms with Gasteiger partial charge in [-0.1, -0.05) is 12.1 Å².